The van der Waals surface area contributed by atoms with Gasteiger partial charge in [0, 0.05) is 17.4 Å². The fourth-order valence-corrected chi connectivity index (χ4v) is 8.29. The third kappa shape index (κ3) is 2.60. The molecule has 160 valence electrons. The van der Waals surface area contributed by atoms with E-state index in [1.165, 1.54) is 6.07 Å². The second-order valence-corrected chi connectivity index (χ2v) is 10.9. The highest BCUT2D eigenvalue weighted by Crippen LogP contribution is 2.70. The van der Waals surface area contributed by atoms with Gasteiger partial charge in [-0.2, -0.15) is 0 Å². The summed E-state index contributed by atoms with van der Waals surface area (Å²) in [5.41, 5.74) is -0.543. The van der Waals surface area contributed by atoms with Gasteiger partial charge in [0.2, 0.25) is 0 Å². The minimum absolute atomic E-state index is 0.0812. The predicted molar refractivity (Wildman–Crippen MR) is 108 cm³/mol. The second-order valence-electron chi connectivity index (χ2n) is 10.9. The lowest BCUT2D eigenvalue weighted by Gasteiger charge is -2.64. The van der Waals surface area contributed by atoms with Gasteiger partial charge in [-0.25, -0.2) is 4.79 Å². The van der Waals surface area contributed by atoms with E-state index in [0.717, 1.165) is 44.1 Å². The summed E-state index contributed by atoms with van der Waals surface area (Å²) >= 11 is 0. The molecule has 9 atom stereocenters. The van der Waals surface area contributed by atoms with Gasteiger partial charge in [-0.15, -0.1) is 0 Å². The second kappa shape index (κ2) is 6.41. The molecule has 4 saturated carbocycles. The number of rotatable bonds is 1. The quantitative estimate of drug-likeness (QED) is 0.671. The molecule has 1 aromatic rings. The van der Waals surface area contributed by atoms with Gasteiger partial charge in [0.25, 0.3) is 0 Å². The Labute approximate surface area is 172 Å². The van der Waals surface area contributed by atoms with Gasteiger partial charge < -0.3 is 19.7 Å². The van der Waals surface area contributed by atoms with E-state index >= 15 is 0 Å². The smallest absolute Gasteiger partial charge is 0.335 e. The summed E-state index contributed by atoms with van der Waals surface area (Å²) in [7, 11) is 0. The summed E-state index contributed by atoms with van der Waals surface area (Å²) < 4.78 is 5.14. The van der Waals surface area contributed by atoms with Gasteiger partial charge in [0.15, 0.2) is 0 Å². The first-order valence-electron chi connectivity index (χ1n) is 11.4. The first-order chi connectivity index (χ1) is 13.7. The van der Waals surface area contributed by atoms with Crippen LogP contribution in [0.1, 0.15) is 76.7 Å². The molecule has 1 heterocycles. The molecule has 0 aliphatic heterocycles. The Morgan fingerprint density at radius 3 is 2.55 bits per heavy atom. The maximum atomic E-state index is 12.2. The average Bonchev–Trinajstić information content (AvgIpc) is 2.95. The van der Waals surface area contributed by atoms with Gasteiger partial charge in [-0.1, -0.05) is 13.8 Å². The molecule has 5 heteroatoms. The van der Waals surface area contributed by atoms with Crippen molar-refractivity contribution in [2.75, 3.05) is 0 Å². The van der Waals surface area contributed by atoms with Gasteiger partial charge in [-0.3, -0.25) is 0 Å². The molecule has 2 unspecified atom stereocenters. The van der Waals surface area contributed by atoms with Crippen LogP contribution in [0.3, 0.4) is 0 Å². The molecule has 0 aromatic carbocycles. The summed E-state index contributed by atoms with van der Waals surface area (Å²) in [6, 6.07) is 3.31. The predicted octanol–water partition coefficient (Wildman–Crippen LogP) is 3.21. The molecule has 4 aliphatic rings. The Bertz CT molecular complexity index is 829. The van der Waals surface area contributed by atoms with Crippen molar-refractivity contribution < 1.29 is 19.7 Å². The lowest BCUT2D eigenvalue weighted by molar-refractivity contribution is -0.238. The minimum atomic E-state index is -0.916. The third-order valence-corrected chi connectivity index (χ3v) is 9.95. The van der Waals surface area contributed by atoms with E-state index in [1.54, 1.807) is 6.26 Å². The highest BCUT2D eigenvalue weighted by Gasteiger charge is 2.69. The lowest BCUT2D eigenvalue weighted by Crippen LogP contribution is -2.66. The largest absolute Gasteiger partial charge is 0.431 e. The van der Waals surface area contributed by atoms with Crippen molar-refractivity contribution in [3.05, 3.63) is 34.4 Å². The molecular weight excluding hydrogens is 368 g/mol. The average molecular weight is 403 g/mol. The zero-order valence-corrected chi connectivity index (χ0v) is 17.5. The van der Waals surface area contributed by atoms with E-state index in [4.69, 9.17) is 4.42 Å². The Morgan fingerprint density at radius 1 is 1.03 bits per heavy atom. The molecule has 4 fully saturated rings. The molecule has 0 radical (unpaired) electrons. The molecule has 0 amide bonds. The SMILES string of the molecule is C[C@]12CC[C@H](O)C[C@H]1CC(O)C1[C@@H]2CC[C@]2(C)[C@@H](c3ccc(=O)oc3)CC[C@]12O. The van der Waals surface area contributed by atoms with E-state index in [2.05, 4.69) is 13.8 Å². The van der Waals surface area contributed by atoms with Gasteiger partial charge in [-0.05, 0) is 86.2 Å². The van der Waals surface area contributed by atoms with Crippen molar-refractivity contribution in [2.24, 2.45) is 28.6 Å². The summed E-state index contributed by atoms with van der Waals surface area (Å²) in [6.07, 6.45) is 7.47. The van der Waals surface area contributed by atoms with Gasteiger partial charge >= 0.3 is 5.63 Å². The summed E-state index contributed by atoms with van der Waals surface area (Å²) in [4.78, 5) is 11.4. The summed E-state index contributed by atoms with van der Waals surface area (Å²) in [6.45, 7) is 4.52. The number of hydrogen-bond donors (Lipinski definition) is 3. The molecule has 29 heavy (non-hydrogen) atoms. The first-order valence-corrected chi connectivity index (χ1v) is 11.4. The zero-order chi connectivity index (χ0) is 20.6. The van der Waals surface area contributed by atoms with Crippen LogP contribution in [0.25, 0.3) is 0 Å². The van der Waals surface area contributed by atoms with Gasteiger partial charge in [0.1, 0.15) is 0 Å². The monoisotopic (exact) mass is 402 g/mol. The first kappa shape index (κ1) is 19.8. The Morgan fingerprint density at radius 2 is 1.83 bits per heavy atom. The van der Waals surface area contributed by atoms with Crippen LogP contribution in [0, 0.1) is 28.6 Å². The summed E-state index contributed by atoms with van der Waals surface area (Å²) in [5, 5.41) is 33.6. The highest BCUT2D eigenvalue weighted by atomic mass is 16.4. The van der Waals surface area contributed by atoms with Crippen molar-refractivity contribution in [2.45, 2.75) is 88.9 Å². The molecule has 5 rings (SSSR count). The van der Waals surface area contributed by atoms with Crippen molar-refractivity contribution >= 4 is 0 Å². The van der Waals surface area contributed by atoms with Crippen LogP contribution in [0.15, 0.2) is 27.6 Å². The van der Waals surface area contributed by atoms with Crippen molar-refractivity contribution in [1.82, 2.24) is 0 Å². The normalized spacial score (nSPS) is 51.8. The zero-order valence-electron chi connectivity index (χ0n) is 17.5. The molecule has 4 aliphatic carbocycles. The molecule has 5 nitrogen and oxygen atoms in total. The Balaban J connectivity index is 1.52. The number of aliphatic hydroxyl groups excluding tert-OH is 2. The Kier molecular flexibility index (Phi) is 4.37. The molecule has 1 aromatic heterocycles. The van der Waals surface area contributed by atoms with Crippen molar-refractivity contribution in [1.29, 1.82) is 0 Å². The number of fused-ring (bicyclic) bond motifs is 5. The maximum absolute atomic E-state index is 12.2. The standard InChI is InChI=1S/C24H34O5/c1-22-8-5-16(25)11-15(22)12-19(26)21-18(22)6-9-23(2)17(7-10-24(21,23)28)14-3-4-20(27)29-13-14/h3-4,13,15-19,21,25-26,28H,5-12H2,1-2H3/t15-,16-,17+,18-,19?,21?,22-,23+,24-/m0/s1. The maximum Gasteiger partial charge on any atom is 0.335 e. The number of aliphatic hydroxyl groups is 3. The van der Waals surface area contributed by atoms with Crippen molar-refractivity contribution in [3.63, 3.8) is 0 Å². The summed E-state index contributed by atoms with van der Waals surface area (Å²) in [5.74, 6) is 0.618. The van der Waals surface area contributed by atoms with E-state index < -0.39 is 11.7 Å². The molecule has 0 bridgehead atoms. The minimum Gasteiger partial charge on any atom is -0.431 e. The van der Waals surface area contributed by atoms with Crippen LogP contribution in [0.2, 0.25) is 0 Å². The molecular formula is C24H34O5. The van der Waals surface area contributed by atoms with Gasteiger partial charge in [0.05, 0.1) is 24.1 Å². The van der Waals surface area contributed by atoms with Crippen LogP contribution in [0.4, 0.5) is 0 Å². The van der Waals surface area contributed by atoms with Crippen LogP contribution < -0.4 is 5.63 Å². The Hall–Kier alpha value is -1.17. The molecule has 3 N–H and O–H groups in total. The van der Waals surface area contributed by atoms with Crippen molar-refractivity contribution in [3.8, 4) is 0 Å². The topological polar surface area (TPSA) is 90.9 Å². The lowest BCUT2D eigenvalue weighted by atomic mass is 9.42. The van der Waals surface area contributed by atoms with E-state index in [-0.39, 0.29) is 40.3 Å². The molecule has 0 saturated heterocycles. The van der Waals surface area contributed by atoms with E-state index in [9.17, 15) is 20.1 Å². The molecule has 0 spiro atoms. The third-order valence-electron chi connectivity index (χ3n) is 9.95. The van der Waals surface area contributed by atoms with Crippen LogP contribution >= 0.6 is 0 Å². The van der Waals surface area contributed by atoms with E-state index in [1.807, 2.05) is 6.07 Å². The number of hydrogen-bond acceptors (Lipinski definition) is 5. The van der Waals surface area contributed by atoms with Crippen LogP contribution in [-0.4, -0.2) is 33.1 Å². The fourth-order valence-electron chi connectivity index (χ4n) is 8.29. The van der Waals surface area contributed by atoms with Crippen LogP contribution in [-0.2, 0) is 0 Å². The van der Waals surface area contributed by atoms with Crippen LogP contribution in [0.5, 0.6) is 0 Å². The van der Waals surface area contributed by atoms with E-state index in [0.29, 0.717) is 18.8 Å². The fraction of sp³-hybridized carbons (Fsp3) is 0.792. The highest BCUT2D eigenvalue weighted by molar-refractivity contribution is 5.27.